The molecule has 1 rings (SSSR count). The van der Waals surface area contributed by atoms with Crippen LogP contribution in [0.25, 0.3) is 0 Å². The second-order valence-electron chi connectivity index (χ2n) is 4.24. The maximum absolute atomic E-state index is 5.44. The van der Waals surface area contributed by atoms with E-state index in [4.69, 9.17) is 14.2 Å². The predicted molar refractivity (Wildman–Crippen MR) is 77.1 cm³/mol. The van der Waals surface area contributed by atoms with Crippen molar-refractivity contribution in [3.8, 4) is 11.5 Å². The highest BCUT2D eigenvalue weighted by Crippen LogP contribution is 2.27. The van der Waals surface area contributed by atoms with Gasteiger partial charge < -0.3 is 19.5 Å². The van der Waals surface area contributed by atoms with Crippen molar-refractivity contribution < 1.29 is 14.2 Å². The van der Waals surface area contributed by atoms with Crippen molar-refractivity contribution in [2.75, 3.05) is 34.0 Å². The Morgan fingerprint density at radius 1 is 1.05 bits per heavy atom. The molecule has 0 aliphatic rings. The smallest absolute Gasteiger partial charge is 0.122 e. The third-order valence-corrected chi connectivity index (χ3v) is 2.98. The fourth-order valence-corrected chi connectivity index (χ4v) is 2.01. The highest BCUT2D eigenvalue weighted by molar-refractivity contribution is 5.39. The van der Waals surface area contributed by atoms with Gasteiger partial charge in [0, 0.05) is 25.3 Å². The zero-order chi connectivity index (χ0) is 14.1. The molecule has 1 N–H and O–H groups in total. The summed E-state index contributed by atoms with van der Waals surface area (Å²) in [5.74, 6) is 1.63. The third kappa shape index (κ3) is 5.09. The lowest BCUT2D eigenvalue weighted by atomic mass is 10.0. The molecule has 1 atom stereocenters. The van der Waals surface area contributed by atoms with Gasteiger partial charge in [-0.15, -0.1) is 0 Å². The molecule has 1 aromatic carbocycles. The molecule has 0 aromatic heterocycles. The Morgan fingerprint density at radius 3 is 2.16 bits per heavy atom. The van der Waals surface area contributed by atoms with Gasteiger partial charge in [0.15, 0.2) is 0 Å². The number of ether oxygens (including phenoxy) is 3. The molecule has 1 unspecified atom stereocenters. The van der Waals surface area contributed by atoms with Crippen molar-refractivity contribution >= 4 is 0 Å². The Hall–Kier alpha value is -1.26. The maximum Gasteiger partial charge on any atom is 0.122 e. The average molecular weight is 267 g/mol. The molecule has 0 amide bonds. The van der Waals surface area contributed by atoms with Crippen LogP contribution in [0.1, 0.15) is 31.9 Å². The summed E-state index contributed by atoms with van der Waals surface area (Å²) >= 11 is 0. The summed E-state index contributed by atoms with van der Waals surface area (Å²) in [6.07, 6.45) is 0.929. The lowest BCUT2D eigenvalue weighted by Gasteiger charge is -2.19. The molecule has 0 spiro atoms. The number of benzene rings is 1. The highest BCUT2D eigenvalue weighted by atomic mass is 16.5. The zero-order valence-electron chi connectivity index (χ0n) is 12.4. The van der Waals surface area contributed by atoms with Crippen LogP contribution >= 0.6 is 0 Å². The minimum Gasteiger partial charge on any atom is -0.497 e. The molecule has 0 fully saturated rings. The molecule has 0 saturated heterocycles. The lowest BCUT2D eigenvalue weighted by molar-refractivity contribution is 0.136. The minimum absolute atomic E-state index is 0.251. The van der Waals surface area contributed by atoms with Crippen molar-refractivity contribution in [1.29, 1.82) is 0 Å². The van der Waals surface area contributed by atoms with E-state index in [1.54, 1.807) is 14.2 Å². The predicted octanol–water partition coefficient (Wildman–Crippen LogP) is 2.78. The van der Waals surface area contributed by atoms with E-state index in [1.165, 1.54) is 0 Å². The van der Waals surface area contributed by atoms with Crippen LogP contribution in [0, 0.1) is 0 Å². The van der Waals surface area contributed by atoms with Crippen LogP contribution in [0.2, 0.25) is 0 Å². The van der Waals surface area contributed by atoms with Gasteiger partial charge in [-0.3, -0.25) is 0 Å². The lowest BCUT2D eigenvalue weighted by Crippen LogP contribution is -2.22. The van der Waals surface area contributed by atoms with Crippen molar-refractivity contribution in [1.82, 2.24) is 5.32 Å². The SMILES string of the molecule is CCNC(CCOCC)c1cc(OC)cc(OC)c1. The fraction of sp³-hybridized carbons (Fsp3) is 0.600. The van der Waals surface area contributed by atoms with Crippen LogP contribution in [0.3, 0.4) is 0 Å². The van der Waals surface area contributed by atoms with Gasteiger partial charge in [0.05, 0.1) is 14.2 Å². The summed E-state index contributed by atoms with van der Waals surface area (Å²) in [5, 5.41) is 3.47. The number of methoxy groups -OCH3 is 2. The standard InChI is InChI=1S/C15H25NO3/c1-5-16-15(7-8-19-6-2)12-9-13(17-3)11-14(10-12)18-4/h9-11,15-16H,5-8H2,1-4H3. The van der Waals surface area contributed by atoms with Gasteiger partial charge in [0.25, 0.3) is 0 Å². The van der Waals surface area contributed by atoms with Gasteiger partial charge in [-0.05, 0) is 37.6 Å². The molecule has 4 heteroatoms. The molecule has 0 heterocycles. The van der Waals surface area contributed by atoms with E-state index < -0.39 is 0 Å². The number of rotatable bonds is 9. The van der Waals surface area contributed by atoms with Gasteiger partial charge in [0.2, 0.25) is 0 Å². The first-order valence-electron chi connectivity index (χ1n) is 6.79. The Balaban J connectivity index is 2.86. The largest absolute Gasteiger partial charge is 0.497 e. The van der Waals surface area contributed by atoms with Crippen LogP contribution in [0.4, 0.5) is 0 Å². The van der Waals surface area contributed by atoms with E-state index in [9.17, 15) is 0 Å². The summed E-state index contributed by atoms with van der Waals surface area (Å²) in [6, 6.07) is 6.22. The van der Waals surface area contributed by atoms with E-state index in [0.717, 1.165) is 43.2 Å². The Kier molecular flexibility index (Phi) is 7.30. The van der Waals surface area contributed by atoms with Gasteiger partial charge in [-0.25, -0.2) is 0 Å². The Bertz CT molecular complexity index is 346. The monoisotopic (exact) mass is 267 g/mol. The van der Waals surface area contributed by atoms with Gasteiger partial charge in [-0.2, -0.15) is 0 Å². The van der Waals surface area contributed by atoms with E-state index in [0.29, 0.717) is 0 Å². The second kappa shape index (κ2) is 8.77. The highest BCUT2D eigenvalue weighted by Gasteiger charge is 2.13. The first-order chi connectivity index (χ1) is 9.24. The summed E-state index contributed by atoms with van der Waals surface area (Å²) in [4.78, 5) is 0. The number of nitrogens with one attached hydrogen (secondary N) is 1. The molecule has 0 bridgehead atoms. The molecule has 4 nitrogen and oxygen atoms in total. The first-order valence-corrected chi connectivity index (χ1v) is 6.79. The maximum atomic E-state index is 5.44. The van der Waals surface area contributed by atoms with E-state index in [2.05, 4.69) is 12.2 Å². The second-order valence-corrected chi connectivity index (χ2v) is 4.24. The summed E-state index contributed by atoms with van der Waals surface area (Å²) in [6.45, 7) is 6.52. The molecule has 1 aromatic rings. The van der Waals surface area contributed by atoms with E-state index in [-0.39, 0.29) is 6.04 Å². The van der Waals surface area contributed by atoms with Crippen LogP contribution < -0.4 is 14.8 Å². The topological polar surface area (TPSA) is 39.7 Å². The molecule has 0 aliphatic carbocycles. The van der Waals surface area contributed by atoms with Crippen LogP contribution in [-0.4, -0.2) is 34.0 Å². The molecule has 0 aliphatic heterocycles. The van der Waals surface area contributed by atoms with Crippen LogP contribution in [0.5, 0.6) is 11.5 Å². The molecular weight excluding hydrogens is 242 g/mol. The van der Waals surface area contributed by atoms with Crippen molar-refractivity contribution in [2.45, 2.75) is 26.3 Å². The molecule has 0 radical (unpaired) electrons. The summed E-state index contributed by atoms with van der Waals surface area (Å²) < 4.78 is 16.1. The first kappa shape index (κ1) is 15.8. The number of hydrogen-bond acceptors (Lipinski definition) is 4. The van der Waals surface area contributed by atoms with E-state index in [1.807, 2.05) is 25.1 Å². The zero-order valence-corrected chi connectivity index (χ0v) is 12.4. The van der Waals surface area contributed by atoms with Crippen LogP contribution in [-0.2, 0) is 4.74 Å². The fourth-order valence-electron chi connectivity index (χ4n) is 2.01. The number of hydrogen-bond donors (Lipinski definition) is 1. The quantitative estimate of drug-likeness (QED) is 0.698. The molecule has 108 valence electrons. The molecule has 0 saturated carbocycles. The van der Waals surface area contributed by atoms with E-state index >= 15 is 0 Å². The third-order valence-electron chi connectivity index (χ3n) is 2.98. The normalized spacial score (nSPS) is 12.2. The molecular formula is C15H25NO3. The minimum atomic E-state index is 0.251. The Labute approximate surface area is 116 Å². The van der Waals surface area contributed by atoms with Crippen molar-refractivity contribution in [2.24, 2.45) is 0 Å². The summed E-state index contributed by atoms with van der Waals surface area (Å²) in [5.41, 5.74) is 1.16. The van der Waals surface area contributed by atoms with Gasteiger partial charge >= 0.3 is 0 Å². The van der Waals surface area contributed by atoms with Crippen molar-refractivity contribution in [3.63, 3.8) is 0 Å². The molecule has 19 heavy (non-hydrogen) atoms. The summed E-state index contributed by atoms with van der Waals surface area (Å²) in [7, 11) is 3.34. The van der Waals surface area contributed by atoms with Gasteiger partial charge in [-0.1, -0.05) is 6.92 Å². The van der Waals surface area contributed by atoms with Crippen LogP contribution in [0.15, 0.2) is 18.2 Å². The average Bonchev–Trinajstić information content (AvgIpc) is 2.46. The van der Waals surface area contributed by atoms with Gasteiger partial charge in [0.1, 0.15) is 11.5 Å². The van der Waals surface area contributed by atoms with Crippen molar-refractivity contribution in [3.05, 3.63) is 23.8 Å². The Morgan fingerprint density at radius 2 is 1.68 bits per heavy atom.